The zero-order chi connectivity index (χ0) is 55.4. The Morgan fingerprint density at radius 2 is 1.42 bits per heavy atom. The van der Waals surface area contributed by atoms with Crippen LogP contribution in [0.25, 0.3) is 0 Å². The second-order valence-corrected chi connectivity index (χ2v) is 21.1. The zero-order valence-electron chi connectivity index (χ0n) is 44.5. The van der Waals surface area contributed by atoms with E-state index in [0.717, 1.165) is 29.5 Å². The number of carbonyl (C=O) groups is 8. The number of benzene rings is 3. The topological polar surface area (TPSA) is 303 Å². The van der Waals surface area contributed by atoms with Crippen LogP contribution in [0.5, 0.6) is 0 Å². The molecule has 21 nitrogen and oxygen atoms in total. The third kappa shape index (κ3) is 14.8. The van der Waals surface area contributed by atoms with Crippen molar-refractivity contribution < 1.29 is 53.3 Å². The average molecular weight is 1050 g/mol. The second-order valence-electron chi connectivity index (χ2n) is 21.1. The van der Waals surface area contributed by atoms with Crippen molar-refractivity contribution in [2.24, 2.45) is 11.1 Å². The predicted molar refractivity (Wildman–Crippen MR) is 282 cm³/mol. The van der Waals surface area contributed by atoms with Crippen molar-refractivity contribution in [3.63, 3.8) is 0 Å². The number of hydrogen-bond acceptors (Lipinski definition) is 14. The lowest BCUT2D eigenvalue weighted by molar-refractivity contribution is -0.144. The third-order valence-electron chi connectivity index (χ3n) is 14.6. The first kappa shape index (κ1) is 58.5. The Labute approximate surface area is 444 Å². The highest BCUT2D eigenvalue weighted by Crippen LogP contribution is 2.32. The summed E-state index contributed by atoms with van der Waals surface area (Å²) in [7, 11) is 2.82. The van der Waals surface area contributed by atoms with Gasteiger partial charge < -0.3 is 62.4 Å². The van der Waals surface area contributed by atoms with Gasteiger partial charge in [-0.05, 0) is 99.7 Å². The molecule has 76 heavy (non-hydrogen) atoms. The molecule has 3 aromatic carbocycles. The van der Waals surface area contributed by atoms with E-state index in [9.17, 15) is 48.6 Å². The minimum atomic E-state index is -1.36. The van der Waals surface area contributed by atoms with Crippen LogP contribution in [0.15, 0.2) is 78.9 Å². The fourth-order valence-electron chi connectivity index (χ4n) is 10.1. The summed E-state index contributed by atoms with van der Waals surface area (Å²) in [5.41, 5.74) is 8.22. The summed E-state index contributed by atoms with van der Waals surface area (Å²) in [6.07, 6.45) is 0.781. The Kier molecular flexibility index (Phi) is 20.3. The lowest BCUT2D eigenvalue weighted by Crippen LogP contribution is -2.59. The fourth-order valence-corrected chi connectivity index (χ4v) is 10.1. The molecule has 0 aromatic heterocycles. The maximum Gasteiger partial charge on any atom is 0.305 e. The number of aliphatic hydroxyl groups is 2. The lowest BCUT2D eigenvalue weighted by atomic mass is 9.85. The molecule has 0 radical (unpaired) electrons. The maximum absolute atomic E-state index is 14.7. The molecule has 412 valence electrons. The van der Waals surface area contributed by atoms with E-state index in [2.05, 4.69) is 37.2 Å². The molecule has 3 aromatic rings. The predicted octanol–water partition coefficient (Wildman–Crippen LogP) is 0.845. The zero-order valence-corrected chi connectivity index (χ0v) is 44.5. The summed E-state index contributed by atoms with van der Waals surface area (Å²) in [6.45, 7) is 8.11. The van der Waals surface area contributed by atoms with Crippen molar-refractivity contribution in [1.82, 2.24) is 47.0 Å². The number of nitrogens with one attached hydrogen (secondary N) is 7. The molecule has 11 N–H and O–H groups in total. The van der Waals surface area contributed by atoms with Crippen molar-refractivity contribution in [2.45, 2.75) is 146 Å². The van der Waals surface area contributed by atoms with Crippen LogP contribution in [0.2, 0.25) is 0 Å². The number of ether oxygens (including phenoxy) is 1. The quantitative estimate of drug-likeness (QED) is 0.0523. The molecule has 7 amide bonds. The number of aliphatic hydroxyl groups excluding tert-OH is 2. The number of hydrogen-bond donors (Lipinski definition) is 10. The molecule has 21 heteroatoms. The Balaban J connectivity index is 1.20. The van der Waals surface area contributed by atoms with Crippen molar-refractivity contribution in [3.8, 4) is 0 Å². The Morgan fingerprint density at radius 1 is 0.789 bits per heavy atom. The van der Waals surface area contributed by atoms with Crippen molar-refractivity contribution >= 4 is 47.3 Å². The molecule has 2 saturated heterocycles. The van der Waals surface area contributed by atoms with Crippen molar-refractivity contribution in [3.05, 3.63) is 107 Å². The molecule has 3 aliphatic rings. The van der Waals surface area contributed by atoms with Crippen LogP contribution in [-0.4, -0.2) is 156 Å². The van der Waals surface area contributed by atoms with Gasteiger partial charge in [0.2, 0.25) is 29.5 Å². The Bertz CT molecular complexity index is 2560. The highest BCUT2D eigenvalue weighted by Gasteiger charge is 2.47. The van der Waals surface area contributed by atoms with Crippen LogP contribution in [0.4, 0.5) is 0 Å². The van der Waals surface area contributed by atoms with E-state index < -0.39 is 108 Å². The molecule has 3 unspecified atom stereocenters. The molecule has 2 fully saturated rings. The summed E-state index contributed by atoms with van der Waals surface area (Å²) in [5, 5.41) is 41.8. The summed E-state index contributed by atoms with van der Waals surface area (Å²) in [6, 6.07) is 14.8. The average Bonchev–Trinajstić information content (AvgIpc) is 4.05. The van der Waals surface area contributed by atoms with Crippen LogP contribution in [0.1, 0.15) is 123 Å². The van der Waals surface area contributed by atoms with Crippen molar-refractivity contribution in [2.75, 3.05) is 33.9 Å². The normalized spacial score (nSPS) is 21.6. The molecule has 11 atom stereocenters. The van der Waals surface area contributed by atoms with Gasteiger partial charge in [-0.1, -0.05) is 81.4 Å². The summed E-state index contributed by atoms with van der Waals surface area (Å²) in [4.78, 5) is 113. The van der Waals surface area contributed by atoms with Gasteiger partial charge in [0.1, 0.15) is 30.4 Å². The Hall–Kier alpha value is -6.78. The number of amides is 7. The fraction of sp³-hybridized carbons (Fsp3) is 0.527. The number of rotatable bonds is 21. The Morgan fingerprint density at radius 3 is 2.05 bits per heavy atom. The third-order valence-corrected chi connectivity index (χ3v) is 14.6. The van der Waals surface area contributed by atoms with E-state index in [1.807, 2.05) is 82.3 Å². The molecule has 0 spiro atoms. The van der Waals surface area contributed by atoms with Gasteiger partial charge in [0.15, 0.2) is 0 Å². The van der Waals surface area contributed by atoms with Gasteiger partial charge in [0.05, 0.1) is 31.8 Å². The highest BCUT2D eigenvalue weighted by atomic mass is 16.5. The van der Waals surface area contributed by atoms with E-state index in [1.54, 1.807) is 14.0 Å². The lowest BCUT2D eigenvalue weighted by Gasteiger charge is -2.36. The monoisotopic (exact) mass is 1050 g/mol. The second kappa shape index (κ2) is 26.3. The maximum atomic E-state index is 14.7. The van der Waals surface area contributed by atoms with Gasteiger partial charge in [0, 0.05) is 48.8 Å². The van der Waals surface area contributed by atoms with Crippen LogP contribution < -0.4 is 43.0 Å². The van der Waals surface area contributed by atoms with Gasteiger partial charge in [-0.2, -0.15) is 0 Å². The largest absolute Gasteiger partial charge is 0.469 e. The van der Waals surface area contributed by atoms with Gasteiger partial charge in [-0.3, -0.25) is 43.7 Å². The van der Waals surface area contributed by atoms with Crippen LogP contribution in [0.3, 0.4) is 0 Å². The minimum absolute atomic E-state index is 0.0432. The highest BCUT2D eigenvalue weighted by molar-refractivity contribution is 6.00. The SMILES string of the molecule is CN[C@@H](C)C(=O)NC(C(=O)N1C[C@@H](NC(=O)c2cccc(C(=O)N[C@H]3C[C@@H](C(O)N[C@H](C)c4ccccc4)N(C(=O)[C@H](CCC(=O)OC)NC(=O)[C@@H](N)CO)C3)c2)CC1C(=O)N[C@@H]1CCCc2ccccc21)C(C)(C)C. The number of likely N-dealkylation sites (tertiary alicyclic amines) is 2. The van der Waals surface area contributed by atoms with E-state index in [0.29, 0.717) is 6.42 Å². The van der Waals surface area contributed by atoms with Gasteiger partial charge in [-0.15, -0.1) is 0 Å². The number of esters is 1. The van der Waals surface area contributed by atoms with Crippen molar-refractivity contribution in [1.29, 1.82) is 0 Å². The number of aryl methyl sites for hydroxylation is 1. The molecule has 6 rings (SSSR count). The molecule has 2 heterocycles. The van der Waals surface area contributed by atoms with Crippen LogP contribution in [0, 0.1) is 5.41 Å². The minimum Gasteiger partial charge on any atom is -0.469 e. The first-order valence-electron chi connectivity index (χ1n) is 26.0. The molecule has 0 bridgehead atoms. The number of nitrogens with zero attached hydrogens (tertiary/aromatic N) is 2. The number of fused-ring (bicyclic) bond motifs is 1. The summed E-state index contributed by atoms with van der Waals surface area (Å²) < 4.78 is 4.77. The van der Waals surface area contributed by atoms with E-state index in [-0.39, 0.29) is 67.9 Å². The molecule has 0 saturated carbocycles. The van der Waals surface area contributed by atoms with E-state index in [4.69, 9.17) is 10.5 Å². The number of methoxy groups -OCH3 is 1. The van der Waals surface area contributed by atoms with E-state index in [1.165, 1.54) is 41.2 Å². The van der Waals surface area contributed by atoms with Gasteiger partial charge in [-0.25, -0.2) is 0 Å². The smallest absolute Gasteiger partial charge is 0.305 e. The number of likely N-dealkylation sites (N-methyl/N-ethyl adjacent to an activating group) is 1. The number of carbonyl (C=O) groups excluding carboxylic acids is 8. The van der Waals surface area contributed by atoms with Gasteiger partial charge >= 0.3 is 5.97 Å². The van der Waals surface area contributed by atoms with Crippen LogP contribution in [-0.2, 0) is 39.9 Å². The first-order chi connectivity index (χ1) is 36.1. The standard InChI is InChI=1S/C55H76N10O11/c1-31(33-15-9-8-10-16-33)58-51(72)43-26-37(28-64(43)53(74)42(23-24-45(67)76-7)62-50(71)40(56)30-66)59-48(69)35-19-13-20-36(25-35)49(70)60-38-27-44(52(73)61-41-22-14-18-34-17-11-12-21-39(34)41)65(29-38)54(75)46(55(3,4)5)63-47(68)32(2)57-6/h8-13,15-17,19-21,25,31-32,37-38,40-44,46,51,57-58,66,72H,14,18,22-24,26-30,56H2,1-7H3,(H,59,69)(H,60,70)(H,61,73)(H,62,71)(H,63,68)/t31-,32+,37+,38+,40+,41-,42+,43+,44?,46?,51?/m1/s1. The summed E-state index contributed by atoms with van der Waals surface area (Å²) >= 11 is 0. The molecular formula is C55H76N10O11. The molecule has 2 aliphatic heterocycles. The van der Waals surface area contributed by atoms with Crippen LogP contribution >= 0.6 is 0 Å². The molecule has 1 aliphatic carbocycles. The molecular weight excluding hydrogens is 977 g/mol. The van der Waals surface area contributed by atoms with E-state index >= 15 is 0 Å². The first-order valence-corrected chi connectivity index (χ1v) is 26.0. The number of nitrogens with two attached hydrogens (primary N) is 1. The summed E-state index contributed by atoms with van der Waals surface area (Å²) in [5.74, 6) is -4.58. The van der Waals surface area contributed by atoms with Gasteiger partial charge in [0.25, 0.3) is 11.8 Å².